The second-order valence-corrected chi connectivity index (χ2v) is 5.22. The molecule has 0 radical (unpaired) electrons. The normalized spacial score (nSPS) is 17.7. The van der Waals surface area contributed by atoms with Crippen molar-refractivity contribution in [2.24, 2.45) is 0 Å². The summed E-state index contributed by atoms with van der Waals surface area (Å²) >= 11 is 0. The smallest absolute Gasteiger partial charge is 0.240 e. The maximum Gasteiger partial charge on any atom is 0.240 e. The average Bonchev–Trinajstić information content (AvgIpc) is 3.01. The molecule has 2 rings (SSSR count). The van der Waals surface area contributed by atoms with Crippen LogP contribution in [0.5, 0.6) is 0 Å². The molecule has 0 spiro atoms. The maximum atomic E-state index is 12.5. The molecule has 0 aromatic heterocycles. The molecule has 1 fully saturated rings. The Bertz CT molecular complexity index is 483. The molecule has 1 unspecified atom stereocenters. The van der Waals surface area contributed by atoms with Gasteiger partial charge in [-0.05, 0) is 43.5 Å². The summed E-state index contributed by atoms with van der Waals surface area (Å²) < 4.78 is 0. The summed E-state index contributed by atoms with van der Waals surface area (Å²) in [6.45, 7) is 4.42. The van der Waals surface area contributed by atoms with Gasteiger partial charge >= 0.3 is 0 Å². The van der Waals surface area contributed by atoms with Gasteiger partial charge in [-0.3, -0.25) is 4.79 Å². The highest BCUT2D eigenvalue weighted by Crippen LogP contribution is 2.13. The lowest BCUT2D eigenvalue weighted by atomic mass is 10.1. The molecule has 4 heteroatoms. The van der Waals surface area contributed by atoms with Gasteiger partial charge in [-0.15, -0.1) is 0 Å². The third-order valence-corrected chi connectivity index (χ3v) is 3.62. The van der Waals surface area contributed by atoms with Gasteiger partial charge in [0, 0.05) is 13.1 Å². The molecule has 0 bridgehead atoms. The second kappa shape index (κ2) is 7.06. The number of nitrogens with one attached hydrogen (secondary N) is 1. The highest BCUT2D eigenvalue weighted by Gasteiger charge is 2.26. The third kappa shape index (κ3) is 3.58. The van der Waals surface area contributed by atoms with Crippen LogP contribution in [-0.4, -0.2) is 29.9 Å². The maximum absolute atomic E-state index is 12.5. The van der Waals surface area contributed by atoms with Crippen LogP contribution >= 0.6 is 0 Å². The van der Waals surface area contributed by atoms with Crippen LogP contribution in [0.15, 0.2) is 24.3 Å². The van der Waals surface area contributed by atoms with Crippen LogP contribution in [-0.2, 0) is 11.3 Å². The van der Waals surface area contributed by atoms with Crippen LogP contribution in [0.4, 0.5) is 0 Å². The number of hydrogen-bond acceptors (Lipinski definition) is 3. The van der Waals surface area contributed by atoms with E-state index in [1.807, 2.05) is 17.0 Å². The van der Waals surface area contributed by atoms with E-state index in [0.717, 1.165) is 37.9 Å². The molecule has 1 aromatic rings. The molecule has 1 aliphatic rings. The first kappa shape index (κ1) is 14.5. The van der Waals surface area contributed by atoms with Crippen molar-refractivity contribution < 1.29 is 4.79 Å². The summed E-state index contributed by atoms with van der Waals surface area (Å²) in [4.78, 5) is 14.4. The Morgan fingerprint density at radius 2 is 2.20 bits per heavy atom. The average molecular weight is 271 g/mol. The highest BCUT2D eigenvalue weighted by molar-refractivity contribution is 5.82. The minimum atomic E-state index is -0.0140. The van der Waals surface area contributed by atoms with E-state index in [4.69, 9.17) is 5.26 Å². The van der Waals surface area contributed by atoms with Crippen molar-refractivity contribution in [3.63, 3.8) is 0 Å². The van der Waals surface area contributed by atoms with Gasteiger partial charge in [0.05, 0.1) is 17.7 Å². The summed E-state index contributed by atoms with van der Waals surface area (Å²) in [5.41, 5.74) is 1.73. The number of nitrogens with zero attached hydrogens (tertiary/aromatic N) is 2. The largest absolute Gasteiger partial charge is 0.337 e. The Morgan fingerprint density at radius 3 is 2.75 bits per heavy atom. The summed E-state index contributed by atoms with van der Waals surface area (Å²) in [6.07, 6.45) is 2.97. The minimum Gasteiger partial charge on any atom is -0.337 e. The van der Waals surface area contributed by atoms with Crippen molar-refractivity contribution in [1.29, 1.82) is 5.26 Å². The van der Waals surface area contributed by atoms with E-state index >= 15 is 0 Å². The predicted octanol–water partition coefficient (Wildman–Crippen LogP) is 2.05. The Morgan fingerprint density at radius 1 is 1.45 bits per heavy atom. The van der Waals surface area contributed by atoms with Crippen LogP contribution in [0, 0.1) is 11.3 Å². The van der Waals surface area contributed by atoms with Crippen molar-refractivity contribution in [1.82, 2.24) is 10.2 Å². The van der Waals surface area contributed by atoms with E-state index in [9.17, 15) is 4.79 Å². The first-order valence-electron chi connectivity index (χ1n) is 7.25. The molecule has 106 valence electrons. The Kier molecular flexibility index (Phi) is 5.14. The van der Waals surface area contributed by atoms with E-state index in [2.05, 4.69) is 18.3 Å². The summed E-state index contributed by atoms with van der Waals surface area (Å²) in [5, 5.41) is 12.1. The zero-order valence-electron chi connectivity index (χ0n) is 11.9. The van der Waals surface area contributed by atoms with Crippen molar-refractivity contribution in [2.45, 2.75) is 38.8 Å². The summed E-state index contributed by atoms with van der Waals surface area (Å²) in [6, 6.07) is 9.56. The first-order chi connectivity index (χ1) is 9.74. The van der Waals surface area contributed by atoms with Crippen LogP contribution in [0.2, 0.25) is 0 Å². The Labute approximate surface area is 120 Å². The lowest BCUT2D eigenvalue weighted by Crippen LogP contribution is -2.43. The second-order valence-electron chi connectivity index (χ2n) is 5.22. The fraction of sp³-hybridized carbons (Fsp3) is 0.500. The monoisotopic (exact) mass is 271 g/mol. The number of carbonyl (C=O) groups excluding carboxylic acids is 1. The predicted molar refractivity (Wildman–Crippen MR) is 77.9 cm³/mol. The fourth-order valence-corrected chi connectivity index (χ4v) is 2.56. The molecular formula is C16H21N3O. The van der Waals surface area contributed by atoms with Crippen molar-refractivity contribution >= 4 is 5.91 Å². The van der Waals surface area contributed by atoms with Gasteiger partial charge in [0.15, 0.2) is 0 Å². The fourth-order valence-electron chi connectivity index (χ4n) is 2.56. The SMILES string of the molecule is CCCN(Cc1ccc(C#N)cc1)C(=O)C1CCCN1. The molecule has 1 atom stereocenters. The molecule has 1 aromatic carbocycles. The number of rotatable bonds is 5. The lowest BCUT2D eigenvalue weighted by Gasteiger charge is -2.25. The van der Waals surface area contributed by atoms with Gasteiger partial charge in [-0.25, -0.2) is 0 Å². The standard InChI is InChI=1S/C16H21N3O/c1-2-10-19(16(20)15-4-3-9-18-15)12-14-7-5-13(11-17)6-8-14/h5-8,15,18H,2-4,9-10,12H2,1H3. The molecular weight excluding hydrogens is 250 g/mol. The quantitative estimate of drug-likeness (QED) is 0.891. The van der Waals surface area contributed by atoms with E-state index in [1.165, 1.54) is 0 Å². The van der Waals surface area contributed by atoms with Crippen LogP contribution in [0.3, 0.4) is 0 Å². The van der Waals surface area contributed by atoms with Crippen LogP contribution < -0.4 is 5.32 Å². The Balaban J connectivity index is 2.03. The van der Waals surface area contributed by atoms with Crippen LogP contribution in [0.1, 0.15) is 37.3 Å². The lowest BCUT2D eigenvalue weighted by molar-refractivity contribution is -0.133. The summed E-state index contributed by atoms with van der Waals surface area (Å²) in [7, 11) is 0. The number of nitriles is 1. The Hall–Kier alpha value is -1.86. The molecule has 1 heterocycles. The first-order valence-corrected chi connectivity index (χ1v) is 7.25. The molecule has 0 aliphatic carbocycles. The topological polar surface area (TPSA) is 56.1 Å². The molecule has 1 saturated heterocycles. The van der Waals surface area contributed by atoms with Gasteiger partial charge in [-0.2, -0.15) is 5.26 Å². The third-order valence-electron chi connectivity index (χ3n) is 3.62. The molecule has 4 nitrogen and oxygen atoms in total. The molecule has 0 saturated carbocycles. The van der Waals surface area contributed by atoms with Crippen molar-refractivity contribution in [2.75, 3.05) is 13.1 Å². The van der Waals surface area contributed by atoms with E-state index in [0.29, 0.717) is 12.1 Å². The highest BCUT2D eigenvalue weighted by atomic mass is 16.2. The molecule has 1 aliphatic heterocycles. The van der Waals surface area contributed by atoms with Gasteiger partial charge in [-0.1, -0.05) is 19.1 Å². The summed E-state index contributed by atoms with van der Waals surface area (Å²) in [5.74, 6) is 0.203. The number of benzene rings is 1. The van der Waals surface area contributed by atoms with Gasteiger partial charge in [0.25, 0.3) is 0 Å². The van der Waals surface area contributed by atoms with Crippen molar-refractivity contribution in [3.05, 3.63) is 35.4 Å². The number of carbonyl (C=O) groups is 1. The molecule has 1 amide bonds. The molecule has 20 heavy (non-hydrogen) atoms. The zero-order chi connectivity index (χ0) is 14.4. The van der Waals surface area contributed by atoms with E-state index < -0.39 is 0 Å². The minimum absolute atomic E-state index is 0.0140. The zero-order valence-corrected chi connectivity index (χ0v) is 11.9. The van der Waals surface area contributed by atoms with Gasteiger partial charge in [0.1, 0.15) is 0 Å². The molecule has 1 N–H and O–H groups in total. The van der Waals surface area contributed by atoms with E-state index in [1.54, 1.807) is 12.1 Å². The van der Waals surface area contributed by atoms with Crippen molar-refractivity contribution in [3.8, 4) is 6.07 Å². The van der Waals surface area contributed by atoms with E-state index in [-0.39, 0.29) is 11.9 Å². The number of amides is 1. The number of hydrogen-bond donors (Lipinski definition) is 1. The van der Waals surface area contributed by atoms with Crippen LogP contribution in [0.25, 0.3) is 0 Å². The van der Waals surface area contributed by atoms with Gasteiger partial charge in [0.2, 0.25) is 5.91 Å². The van der Waals surface area contributed by atoms with Gasteiger partial charge < -0.3 is 10.2 Å².